The Morgan fingerprint density at radius 3 is 2.53 bits per heavy atom. The fraction of sp³-hybridized carbons (Fsp3) is 0.185. The summed E-state index contributed by atoms with van der Waals surface area (Å²) in [4.78, 5) is 26.1. The summed E-state index contributed by atoms with van der Waals surface area (Å²) in [7, 11) is 1.77. The minimum Gasteiger partial charge on any atom is -0.489 e. The van der Waals surface area contributed by atoms with Gasteiger partial charge in [0, 0.05) is 36.7 Å². The van der Waals surface area contributed by atoms with E-state index in [-0.39, 0.29) is 18.3 Å². The zero-order valence-electron chi connectivity index (χ0n) is 18.9. The van der Waals surface area contributed by atoms with Crippen LogP contribution in [0.15, 0.2) is 75.9 Å². The van der Waals surface area contributed by atoms with Crippen LogP contribution in [0.25, 0.3) is 11.0 Å². The van der Waals surface area contributed by atoms with Gasteiger partial charge < -0.3 is 23.5 Å². The molecule has 5 rings (SSSR count). The van der Waals surface area contributed by atoms with Crippen LogP contribution in [0.1, 0.15) is 27.0 Å². The van der Waals surface area contributed by atoms with Gasteiger partial charge in [0.05, 0.1) is 0 Å². The number of ether oxygens (including phenoxy) is 3. The van der Waals surface area contributed by atoms with Gasteiger partial charge in [-0.25, -0.2) is 4.79 Å². The average Bonchev–Trinajstić information content (AvgIpc) is 3.30. The molecular weight excluding hydrogens is 434 g/mol. The monoisotopic (exact) mass is 457 g/mol. The van der Waals surface area contributed by atoms with E-state index in [1.165, 1.54) is 6.07 Å². The maximum Gasteiger partial charge on any atom is 0.336 e. The van der Waals surface area contributed by atoms with Crippen LogP contribution in [0.2, 0.25) is 0 Å². The third-order valence-corrected chi connectivity index (χ3v) is 5.73. The van der Waals surface area contributed by atoms with Gasteiger partial charge in [0.1, 0.15) is 17.9 Å². The normalized spacial score (nSPS) is 12.1. The van der Waals surface area contributed by atoms with Crippen LogP contribution < -0.4 is 19.8 Å². The van der Waals surface area contributed by atoms with E-state index in [0.29, 0.717) is 35.8 Å². The molecule has 0 radical (unpaired) electrons. The van der Waals surface area contributed by atoms with Crippen molar-refractivity contribution in [3.05, 3.63) is 99.4 Å². The maximum absolute atomic E-state index is 12.9. The molecule has 0 aliphatic carbocycles. The van der Waals surface area contributed by atoms with Crippen molar-refractivity contribution in [3.8, 4) is 17.2 Å². The maximum atomic E-state index is 12.9. The van der Waals surface area contributed by atoms with Crippen molar-refractivity contribution in [2.45, 2.75) is 20.1 Å². The number of carbonyl (C=O) groups is 1. The molecule has 1 aromatic heterocycles. The van der Waals surface area contributed by atoms with Gasteiger partial charge in [-0.15, -0.1) is 0 Å². The van der Waals surface area contributed by atoms with Crippen LogP contribution in [0.3, 0.4) is 0 Å². The molecule has 1 aliphatic heterocycles. The average molecular weight is 457 g/mol. The van der Waals surface area contributed by atoms with E-state index >= 15 is 0 Å². The van der Waals surface area contributed by atoms with Gasteiger partial charge in [-0.3, -0.25) is 4.79 Å². The number of rotatable bonds is 6. The fourth-order valence-corrected chi connectivity index (χ4v) is 3.91. The summed E-state index contributed by atoms with van der Waals surface area (Å²) >= 11 is 0. The second kappa shape index (κ2) is 8.94. The molecule has 0 bridgehead atoms. The highest BCUT2D eigenvalue weighted by atomic mass is 16.7. The van der Waals surface area contributed by atoms with Gasteiger partial charge in [-0.1, -0.05) is 18.2 Å². The number of aryl methyl sites for hydroxylation is 1. The highest BCUT2D eigenvalue weighted by Crippen LogP contribution is 2.32. The molecule has 3 aromatic carbocycles. The Hall–Kier alpha value is -4.26. The first-order valence-corrected chi connectivity index (χ1v) is 10.9. The lowest BCUT2D eigenvalue weighted by Gasteiger charge is -2.18. The Morgan fingerprint density at radius 1 is 0.941 bits per heavy atom. The Kier molecular flexibility index (Phi) is 5.67. The van der Waals surface area contributed by atoms with Gasteiger partial charge in [-0.05, 0) is 60.0 Å². The number of hydrogen-bond acceptors (Lipinski definition) is 6. The number of fused-ring (bicyclic) bond motifs is 2. The molecule has 34 heavy (non-hydrogen) atoms. The molecule has 0 fully saturated rings. The first kappa shape index (κ1) is 21.6. The highest BCUT2D eigenvalue weighted by Gasteiger charge is 2.16. The molecule has 0 spiro atoms. The lowest BCUT2D eigenvalue weighted by Crippen LogP contribution is -2.26. The minimum atomic E-state index is -0.383. The van der Waals surface area contributed by atoms with Crippen molar-refractivity contribution in [1.29, 1.82) is 0 Å². The van der Waals surface area contributed by atoms with E-state index in [4.69, 9.17) is 18.6 Å². The molecule has 4 aromatic rings. The molecule has 0 saturated carbocycles. The smallest absolute Gasteiger partial charge is 0.336 e. The Morgan fingerprint density at radius 2 is 1.71 bits per heavy atom. The summed E-state index contributed by atoms with van der Waals surface area (Å²) in [6.45, 7) is 2.87. The molecule has 1 aliphatic rings. The predicted molar refractivity (Wildman–Crippen MR) is 126 cm³/mol. The second-order valence-electron chi connectivity index (χ2n) is 8.24. The molecule has 0 N–H and O–H groups in total. The van der Waals surface area contributed by atoms with Gasteiger partial charge >= 0.3 is 5.63 Å². The topological polar surface area (TPSA) is 78.2 Å². The molecule has 0 saturated heterocycles. The molecular formula is C27H23NO6. The Bertz CT molecular complexity index is 1420. The van der Waals surface area contributed by atoms with E-state index in [9.17, 15) is 9.59 Å². The van der Waals surface area contributed by atoms with E-state index in [2.05, 4.69) is 0 Å². The minimum absolute atomic E-state index is 0.0786. The quantitative estimate of drug-likeness (QED) is 0.391. The van der Waals surface area contributed by atoms with Crippen molar-refractivity contribution >= 4 is 16.9 Å². The van der Waals surface area contributed by atoms with Crippen LogP contribution in [-0.2, 0) is 13.2 Å². The van der Waals surface area contributed by atoms with Gasteiger partial charge in [0.15, 0.2) is 11.5 Å². The second-order valence-corrected chi connectivity index (χ2v) is 8.24. The molecule has 172 valence electrons. The SMILES string of the molecule is Cc1cc(=O)oc2cc(OCc3ccc(C(=O)N(C)Cc4ccc5c(c4)OCO5)cc3)ccc12. The lowest BCUT2D eigenvalue weighted by molar-refractivity contribution is 0.0785. The predicted octanol–water partition coefficient (Wildman–Crippen LogP) is 4.68. The molecule has 2 heterocycles. The molecule has 0 atom stereocenters. The summed E-state index contributed by atoms with van der Waals surface area (Å²) in [5.74, 6) is 1.94. The van der Waals surface area contributed by atoms with Crippen LogP contribution in [0, 0.1) is 6.92 Å². The zero-order valence-corrected chi connectivity index (χ0v) is 18.9. The summed E-state index contributed by atoms with van der Waals surface area (Å²) in [5, 5.41) is 0.875. The Labute approximate surface area is 196 Å². The van der Waals surface area contributed by atoms with Crippen molar-refractivity contribution in [2.75, 3.05) is 13.8 Å². The molecule has 0 unspecified atom stereocenters. The number of hydrogen-bond donors (Lipinski definition) is 0. The van der Waals surface area contributed by atoms with E-state index in [0.717, 1.165) is 27.8 Å². The van der Waals surface area contributed by atoms with Crippen molar-refractivity contribution in [1.82, 2.24) is 4.90 Å². The summed E-state index contributed by atoms with van der Waals surface area (Å²) in [6, 6.07) is 19.9. The lowest BCUT2D eigenvalue weighted by atomic mass is 10.1. The van der Waals surface area contributed by atoms with Gasteiger partial charge in [0.2, 0.25) is 6.79 Å². The van der Waals surface area contributed by atoms with Crippen LogP contribution in [-0.4, -0.2) is 24.6 Å². The van der Waals surface area contributed by atoms with Crippen molar-refractivity contribution in [3.63, 3.8) is 0 Å². The molecule has 7 heteroatoms. The van der Waals surface area contributed by atoms with Gasteiger partial charge in [0.25, 0.3) is 5.91 Å². The van der Waals surface area contributed by atoms with Crippen LogP contribution in [0.5, 0.6) is 17.2 Å². The fourth-order valence-electron chi connectivity index (χ4n) is 3.91. The third-order valence-electron chi connectivity index (χ3n) is 5.73. The van der Waals surface area contributed by atoms with E-state index in [1.807, 2.05) is 49.4 Å². The van der Waals surface area contributed by atoms with Crippen molar-refractivity contribution < 1.29 is 23.4 Å². The summed E-state index contributed by atoms with van der Waals surface area (Å²) in [5.41, 5.74) is 3.45. The molecule has 7 nitrogen and oxygen atoms in total. The number of nitrogens with zero attached hydrogens (tertiary/aromatic N) is 1. The van der Waals surface area contributed by atoms with E-state index in [1.54, 1.807) is 30.1 Å². The van der Waals surface area contributed by atoms with Crippen LogP contribution in [0.4, 0.5) is 0 Å². The number of benzene rings is 3. The summed E-state index contributed by atoms with van der Waals surface area (Å²) in [6.07, 6.45) is 0. The first-order chi connectivity index (χ1) is 16.5. The Balaban J connectivity index is 1.21. The summed E-state index contributed by atoms with van der Waals surface area (Å²) < 4.78 is 21.9. The van der Waals surface area contributed by atoms with Crippen molar-refractivity contribution in [2.24, 2.45) is 0 Å². The largest absolute Gasteiger partial charge is 0.489 e. The first-order valence-electron chi connectivity index (χ1n) is 10.9. The standard InChI is InChI=1S/C27H23NO6/c1-17-11-26(29)34-24-13-21(8-9-22(17)24)31-15-18-3-6-20(7-4-18)27(30)28(2)14-19-5-10-23-25(12-19)33-16-32-23/h3-13H,14-16H2,1-2H3. The van der Waals surface area contributed by atoms with Gasteiger partial charge in [-0.2, -0.15) is 0 Å². The third kappa shape index (κ3) is 4.45. The molecule has 1 amide bonds. The highest BCUT2D eigenvalue weighted by molar-refractivity contribution is 5.94. The number of amides is 1. The van der Waals surface area contributed by atoms with Crippen LogP contribution >= 0.6 is 0 Å². The zero-order chi connectivity index (χ0) is 23.7. The van der Waals surface area contributed by atoms with E-state index < -0.39 is 0 Å². The number of carbonyl (C=O) groups excluding carboxylic acids is 1.